The van der Waals surface area contributed by atoms with Crippen LogP contribution in [0.5, 0.6) is 0 Å². The van der Waals surface area contributed by atoms with Gasteiger partial charge in [0.2, 0.25) is 0 Å². The predicted octanol–water partition coefficient (Wildman–Crippen LogP) is 5.05. The van der Waals surface area contributed by atoms with Crippen LogP contribution in [0, 0.1) is 0 Å². The summed E-state index contributed by atoms with van der Waals surface area (Å²) in [4.78, 5) is 24.4. The van der Waals surface area contributed by atoms with E-state index in [0.717, 1.165) is 12.8 Å². The van der Waals surface area contributed by atoms with Crippen molar-refractivity contribution in [2.24, 2.45) is 0 Å². The Morgan fingerprint density at radius 3 is 1.58 bits per heavy atom. The lowest BCUT2D eigenvalue weighted by atomic mass is 10.1. The Kier molecular flexibility index (Phi) is 10.9. The lowest BCUT2D eigenvalue weighted by Gasteiger charge is -2.09. The number of ether oxygens (including phenoxy) is 2. The Hall–Kier alpha value is -2.88. The van der Waals surface area contributed by atoms with Gasteiger partial charge in [0.1, 0.15) is 0 Å². The standard InChI is InChI=1S/C22H26O4/c1-3-5-7-9-13-17-25-21(23)19-15-11-12-16-20(19)22(24)26-18-14-10-8-6-4-2/h3-4,7-12,15-16H,1-2,5-6,13-14,17-18H2/b9-7+,10-8+. The van der Waals surface area contributed by atoms with Gasteiger partial charge in [-0.2, -0.15) is 0 Å². The third-order valence-corrected chi connectivity index (χ3v) is 3.34. The number of rotatable bonds is 12. The fourth-order valence-electron chi connectivity index (χ4n) is 2.05. The molecule has 0 atom stereocenters. The average Bonchev–Trinajstić information content (AvgIpc) is 2.67. The van der Waals surface area contributed by atoms with E-state index in [1.165, 1.54) is 0 Å². The van der Waals surface area contributed by atoms with Gasteiger partial charge in [0, 0.05) is 0 Å². The zero-order chi connectivity index (χ0) is 19.0. The summed E-state index contributed by atoms with van der Waals surface area (Å²) in [6.07, 6.45) is 14.1. The van der Waals surface area contributed by atoms with Crippen molar-refractivity contribution in [3.63, 3.8) is 0 Å². The molecule has 1 rings (SSSR count). The van der Waals surface area contributed by atoms with Crippen LogP contribution < -0.4 is 0 Å². The molecule has 0 aliphatic rings. The van der Waals surface area contributed by atoms with Crippen molar-refractivity contribution >= 4 is 11.9 Å². The van der Waals surface area contributed by atoms with Crippen molar-refractivity contribution in [3.8, 4) is 0 Å². The second-order valence-corrected chi connectivity index (χ2v) is 5.39. The maximum atomic E-state index is 12.2. The van der Waals surface area contributed by atoms with E-state index in [1.807, 2.05) is 24.3 Å². The molecule has 1 aromatic rings. The molecule has 1 aromatic carbocycles. The largest absolute Gasteiger partial charge is 0.462 e. The molecule has 138 valence electrons. The van der Waals surface area contributed by atoms with Gasteiger partial charge in [-0.3, -0.25) is 0 Å². The van der Waals surface area contributed by atoms with Crippen molar-refractivity contribution in [3.05, 3.63) is 85.0 Å². The Labute approximate surface area is 155 Å². The highest BCUT2D eigenvalue weighted by atomic mass is 16.5. The van der Waals surface area contributed by atoms with E-state index in [2.05, 4.69) is 13.2 Å². The minimum Gasteiger partial charge on any atom is -0.462 e. The second kappa shape index (κ2) is 13.4. The van der Waals surface area contributed by atoms with E-state index in [-0.39, 0.29) is 24.3 Å². The fraction of sp³-hybridized carbons (Fsp3) is 0.273. The van der Waals surface area contributed by atoms with Crippen LogP contribution in [0.1, 0.15) is 46.4 Å². The van der Waals surface area contributed by atoms with Crippen LogP contribution in [0.3, 0.4) is 0 Å². The summed E-state index contributed by atoms with van der Waals surface area (Å²) in [5.41, 5.74) is 0.435. The van der Waals surface area contributed by atoms with Gasteiger partial charge in [0.15, 0.2) is 0 Å². The summed E-state index contributed by atoms with van der Waals surface area (Å²) in [7, 11) is 0. The first-order valence-electron chi connectivity index (χ1n) is 8.65. The maximum absolute atomic E-state index is 12.2. The second-order valence-electron chi connectivity index (χ2n) is 5.39. The lowest BCUT2D eigenvalue weighted by molar-refractivity contribution is 0.0464. The van der Waals surface area contributed by atoms with E-state index < -0.39 is 11.9 Å². The van der Waals surface area contributed by atoms with Gasteiger partial charge in [-0.15, -0.1) is 13.2 Å². The van der Waals surface area contributed by atoms with Crippen molar-refractivity contribution in [1.82, 2.24) is 0 Å². The van der Waals surface area contributed by atoms with E-state index in [0.29, 0.717) is 12.8 Å². The molecule has 0 heterocycles. The molecule has 0 amide bonds. The normalized spacial score (nSPS) is 10.8. The van der Waals surface area contributed by atoms with E-state index in [9.17, 15) is 9.59 Å². The highest BCUT2D eigenvalue weighted by Gasteiger charge is 2.18. The zero-order valence-corrected chi connectivity index (χ0v) is 15.1. The van der Waals surface area contributed by atoms with E-state index in [1.54, 1.807) is 36.4 Å². The molecule has 0 saturated carbocycles. The number of allylic oxidation sites excluding steroid dienone is 4. The van der Waals surface area contributed by atoms with Crippen molar-refractivity contribution in [2.45, 2.75) is 25.7 Å². The molecule has 0 spiro atoms. The third-order valence-electron chi connectivity index (χ3n) is 3.34. The molecule has 0 aliphatic carbocycles. The van der Waals surface area contributed by atoms with Crippen LogP contribution in [0.15, 0.2) is 73.9 Å². The predicted molar refractivity (Wildman–Crippen MR) is 104 cm³/mol. The van der Waals surface area contributed by atoms with Crippen LogP contribution in [-0.4, -0.2) is 25.2 Å². The number of carbonyl (C=O) groups is 2. The Bertz CT molecular complexity index is 599. The Balaban J connectivity index is 2.54. The highest BCUT2D eigenvalue weighted by Crippen LogP contribution is 2.12. The van der Waals surface area contributed by atoms with Crippen molar-refractivity contribution in [1.29, 1.82) is 0 Å². The van der Waals surface area contributed by atoms with Gasteiger partial charge in [-0.05, 0) is 37.8 Å². The van der Waals surface area contributed by atoms with E-state index in [4.69, 9.17) is 9.47 Å². The first-order chi connectivity index (χ1) is 12.7. The first kappa shape index (κ1) is 21.2. The van der Waals surface area contributed by atoms with Crippen LogP contribution in [0.4, 0.5) is 0 Å². The molecule has 4 nitrogen and oxygen atoms in total. The summed E-state index contributed by atoms with van der Waals surface area (Å²) in [5, 5.41) is 0. The number of carbonyl (C=O) groups excluding carboxylic acids is 2. The van der Waals surface area contributed by atoms with Crippen molar-refractivity contribution < 1.29 is 19.1 Å². The van der Waals surface area contributed by atoms with Crippen LogP contribution >= 0.6 is 0 Å². The van der Waals surface area contributed by atoms with Crippen LogP contribution in [-0.2, 0) is 9.47 Å². The smallest absolute Gasteiger partial charge is 0.339 e. The molecule has 0 bridgehead atoms. The Morgan fingerprint density at radius 1 is 0.769 bits per heavy atom. The molecule has 0 N–H and O–H groups in total. The molecule has 4 heteroatoms. The molecule has 0 fully saturated rings. The van der Waals surface area contributed by atoms with Gasteiger partial charge in [-0.1, -0.05) is 48.6 Å². The summed E-state index contributed by atoms with van der Waals surface area (Å²) < 4.78 is 10.4. The molecule has 0 aromatic heterocycles. The molecule has 0 saturated heterocycles. The van der Waals surface area contributed by atoms with Crippen LogP contribution in [0.2, 0.25) is 0 Å². The van der Waals surface area contributed by atoms with Crippen molar-refractivity contribution in [2.75, 3.05) is 13.2 Å². The SMILES string of the molecule is C=CC/C=C/CCOC(=O)c1ccccc1C(=O)OCC/C=C/CC=C. The quantitative estimate of drug-likeness (QED) is 0.300. The average molecular weight is 354 g/mol. The monoisotopic (exact) mass is 354 g/mol. The van der Waals surface area contributed by atoms with Gasteiger partial charge < -0.3 is 9.47 Å². The number of esters is 2. The molecule has 0 aliphatic heterocycles. The maximum Gasteiger partial charge on any atom is 0.339 e. The van der Waals surface area contributed by atoms with Gasteiger partial charge in [-0.25, -0.2) is 9.59 Å². The molecule has 0 radical (unpaired) electrons. The number of hydrogen-bond acceptors (Lipinski definition) is 4. The molecule has 26 heavy (non-hydrogen) atoms. The summed E-state index contributed by atoms with van der Waals surface area (Å²) in [5.74, 6) is -1.05. The topological polar surface area (TPSA) is 52.6 Å². The number of benzene rings is 1. The minimum absolute atomic E-state index is 0.217. The molecular weight excluding hydrogens is 328 g/mol. The Morgan fingerprint density at radius 2 is 1.19 bits per heavy atom. The van der Waals surface area contributed by atoms with Gasteiger partial charge in [0.25, 0.3) is 0 Å². The number of hydrogen-bond donors (Lipinski definition) is 0. The third kappa shape index (κ3) is 8.29. The summed E-state index contributed by atoms with van der Waals surface area (Å²) in [6, 6.07) is 6.51. The summed E-state index contributed by atoms with van der Waals surface area (Å²) >= 11 is 0. The minimum atomic E-state index is -0.527. The van der Waals surface area contributed by atoms with Crippen LogP contribution in [0.25, 0.3) is 0 Å². The molecular formula is C22H26O4. The highest BCUT2D eigenvalue weighted by molar-refractivity contribution is 6.03. The van der Waals surface area contributed by atoms with Gasteiger partial charge >= 0.3 is 11.9 Å². The lowest BCUT2D eigenvalue weighted by Crippen LogP contribution is -2.14. The van der Waals surface area contributed by atoms with Gasteiger partial charge in [0.05, 0.1) is 24.3 Å². The first-order valence-corrected chi connectivity index (χ1v) is 8.65. The van der Waals surface area contributed by atoms with E-state index >= 15 is 0 Å². The summed E-state index contributed by atoms with van der Waals surface area (Å²) in [6.45, 7) is 7.76. The molecule has 0 unspecified atom stereocenters. The fourth-order valence-corrected chi connectivity index (χ4v) is 2.05. The zero-order valence-electron chi connectivity index (χ0n) is 15.1.